The Hall–Kier alpha value is -2.66. The number of ether oxygens (including phenoxy) is 2. The number of carboxylic acids is 1. The molecule has 0 radical (unpaired) electrons. The molecule has 0 aliphatic carbocycles. The highest BCUT2D eigenvalue weighted by Gasteiger charge is 2.11. The third kappa shape index (κ3) is 4.67. The Bertz CT molecular complexity index is 832. The number of aromatic amines is 1. The first kappa shape index (κ1) is 17.7. The normalized spacial score (nSPS) is 10.4. The fourth-order valence-electron chi connectivity index (χ4n) is 2.02. The first-order chi connectivity index (χ1) is 11.6. The van der Waals surface area contributed by atoms with Crippen molar-refractivity contribution in [2.24, 2.45) is 5.73 Å². The maximum atomic E-state index is 12.1. The Balaban J connectivity index is 2.03. The van der Waals surface area contributed by atoms with Gasteiger partial charge in [0.15, 0.2) is 0 Å². The predicted octanol–water partition coefficient (Wildman–Crippen LogP) is 0.570. The van der Waals surface area contributed by atoms with Crippen LogP contribution < -0.4 is 11.2 Å². The molecular formula is C17H18N2O5. The molecule has 7 nitrogen and oxygen atoms in total. The zero-order chi connectivity index (χ0) is 17.4. The molecule has 1 aromatic carbocycles. The van der Waals surface area contributed by atoms with Gasteiger partial charge in [0.05, 0.1) is 19.8 Å². The largest absolute Gasteiger partial charge is 0.477 e. The number of carboxylic acid groups (broad SMARTS) is 1. The van der Waals surface area contributed by atoms with Crippen LogP contribution in [0.15, 0.2) is 29.2 Å². The Morgan fingerprint density at radius 3 is 2.79 bits per heavy atom. The quantitative estimate of drug-likeness (QED) is 0.505. The van der Waals surface area contributed by atoms with Gasteiger partial charge in [-0.25, -0.2) is 4.79 Å². The Morgan fingerprint density at radius 2 is 2.04 bits per heavy atom. The minimum atomic E-state index is -1.26. The number of nitrogens with one attached hydrogen (secondary N) is 1. The molecule has 0 fully saturated rings. The highest BCUT2D eigenvalue weighted by molar-refractivity contribution is 5.92. The fourth-order valence-corrected chi connectivity index (χ4v) is 2.02. The van der Waals surface area contributed by atoms with Crippen LogP contribution in [0.5, 0.6) is 0 Å². The van der Waals surface area contributed by atoms with E-state index in [0.717, 1.165) is 0 Å². The Labute approximate surface area is 138 Å². The summed E-state index contributed by atoms with van der Waals surface area (Å²) in [5.41, 5.74) is 5.62. The molecule has 24 heavy (non-hydrogen) atoms. The maximum Gasteiger partial charge on any atom is 0.341 e. The van der Waals surface area contributed by atoms with Gasteiger partial charge in [0.25, 0.3) is 0 Å². The lowest BCUT2D eigenvalue weighted by atomic mass is 10.1. The lowest BCUT2D eigenvalue weighted by Crippen LogP contribution is -2.15. The number of hydrogen-bond donors (Lipinski definition) is 3. The molecule has 0 aliphatic heterocycles. The second kappa shape index (κ2) is 8.84. The zero-order valence-electron chi connectivity index (χ0n) is 13.0. The summed E-state index contributed by atoms with van der Waals surface area (Å²) in [6.07, 6.45) is 1.19. The van der Waals surface area contributed by atoms with Crippen LogP contribution in [0.1, 0.15) is 15.9 Å². The monoisotopic (exact) mass is 330 g/mol. The van der Waals surface area contributed by atoms with Crippen molar-refractivity contribution in [1.29, 1.82) is 0 Å². The highest BCUT2D eigenvalue weighted by atomic mass is 16.5. The molecule has 1 heterocycles. The van der Waals surface area contributed by atoms with Crippen molar-refractivity contribution in [3.05, 3.63) is 45.7 Å². The zero-order valence-corrected chi connectivity index (χ0v) is 13.0. The average Bonchev–Trinajstić information content (AvgIpc) is 2.57. The van der Waals surface area contributed by atoms with Gasteiger partial charge in [0.1, 0.15) is 12.2 Å². The summed E-state index contributed by atoms with van der Waals surface area (Å²) >= 11 is 0. The van der Waals surface area contributed by atoms with Crippen molar-refractivity contribution in [2.75, 3.05) is 33.0 Å². The maximum absolute atomic E-state index is 12.1. The van der Waals surface area contributed by atoms with Gasteiger partial charge in [-0.2, -0.15) is 0 Å². The number of nitrogens with two attached hydrogens (primary N) is 1. The number of hydrogen-bond acceptors (Lipinski definition) is 5. The van der Waals surface area contributed by atoms with Crippen LogP contribution in [-0.4, -0.2) is 49.0 Å². The predicted molar refractivity (Wildman–Crippen MR) is 89.1 cm³/mol. The molecule has 0 unspecified atom stereocenters. The summed E-state index contributed by atoms with van der Waals surface area (Å²) in [5.74, 6) is 4.45. The second-order valence-corrected chi connectivity index (χ2v) is 4.85. The van der Waals surface area contributed by atoms with E-state index in [1.54, 1.807) is 18.2 Å². The molecule has 2 rings (SSSR count). The minimum absolute atomic E-state index is 0.232. The van der Waals surface area contributed by atoms with Crippen molar-refractivity contribution in [3.8, 4) is 11.8 Å². The van der Waals surface area contributed by atoms with Gasteiger partial charge in [-0.3, -0.25) is 4.79 Å². The van der Waals surface area contributed by atoms with E-state index >= 15 is 0 Å². The van der Waals surface area contributed by atoms with Crippen LogP contribution >= 0.6 is 0 Å². The highest BCUT2D eigenvalue weighted by Crippen LogP contribution is 2.10. The van der Waals surface area contributed by atoms with E-state index in [1.165, 1.54) is 6.20 Å². The van der Waals surface area contributed by atoms with Crippen LogP contribution in [0.3, 0.4) is 0 Å². The van der Waals surface area contributed by atoms with Crippen LogP contribution in [0.4, 0.5) is 0 Å². The number of aromatic nitrogens is 1. The van der Waals surface area contributed by atoms with Gasteiger partial charge in [0, 0.05) is 29.2 Å². The summed E-state index contributed by atoms with van der Waals surface area (Å²) < 4.78 is 10.4. The topological polar surface area (TPSA) is 115 Å². The molecule has 0 aliphatic rings. The molecule has 126 valence electrons. The van der Waals surface area contributed by atoms with Crippen LogP contribution in [0, 0.1) is 11.8 Å². The van der Waals surface area contributed by atoms with E-state index in [4.69, 9.17) is 20.3 Å². The smallest absolute Gasteiger partial charge is 0.341 e. The van der Waals surface area contributed by atoms with Crippen LogP contribution in [-0.2, 0) is 9.47 Å². The molecule has 1 aromatic heterocycles. The van der Waals surface area contributed by atoms with Gasteiger partial charge in [0.2, 0.25) is 5.43 Å². The lowest BCUT2D eigenvalue weighted by molar-refractivity contribution is 0.0636. The van der Waals surface area contributed by atoms with Crippen molar-refractivity contribution >= 4 is 16.9 Å². The summed E-state index contributed by atoms with van der Waals surface area (Å²) in [6, 6.07) is 5.00. The molecular weight excluding hydrogens is 312 g/mol. The molecule has 7 heteroatoms. The molecule has 4 N–H and O–H groups in total. The van der Waals surface area contributed by atoms with Gasteiger partial charge < -0.3 is 25.3 Å². The van der Waals surface area contributed by atoms with E-state index in [0.29, 0.717) is 37.4 Å². The van der Waals surface area contributed by atoms with Crippen molar-refractivity contribution in [3.63, 3.8) is 0 Å². The lowest BCUT2D eigenvalue weighted by Gasteiger charge is -2.01. The Kier molecular flexibility index (Phi) is 6.51. The minimum Gasteiger partial charge on any atom is -0.477 e. The molecule has 0 saturated carbocycles. The number of H-pyrrole nitrogens is 1. The van der Waals surface area contributed by atoms with Crippen molar-refractivity contribution in [1.82, 2.24) is 4.98 Å². The number of fused-ring (bicyclic) bond motifs is 1. The average molecular weight is 330 g/mol. The van der Waals surface area contributed by atoms with E-state index in [2.05, 4.69) is 16.8 Å². The number of benzene rings is 1. The Morgan fingerprint density at radius 1 is 1.25 bits per heavy atom. The first-order valence-electron chi connectivity index (χ1n) is 7.36. The van der Waals surface area contributed by atoms with Gasteiger partial charge in [-0.15, -0.1) is 0 Å². The van der Waals surface area contributed by atoms with Gasteiger partial charge >= 0.3 is 5.97 Å². The first-order valence-corrected chi connectivity index (χ1v) is 7.36. The number of aromatic carboxylic acids is 1. The fraction of sp³-hybridized carbons (Fsp3) is 0.294. The number of rotatable bonds is 7. The summed E-state index contributed by atoms with van der Waals surface area (Å²) in [4.78, 5) is 25.9. The SMILES string of the molecule is NCCOCCOCC#Cc1ccc2[nH]cc(C(=O)O)c(=O)c2c1. The van der Waals surface area contributed by atoms with Gasteiger partial charge in [-0.1, -0.05) is 11.8 Å². The van der Waals surface area contributed by atoms with Crippen molar-refractivity contribution in [2.45, 2.75) is 0 Å². The van der Waals surface area contributed by atoms with E-state index in [1.807, 2.05) is 0 Å². The molecule has 0 atom stereocenters. The van der Waals surface area contributed by atoms with E-state index in [9.17, 15) is 9.59 Å². The van der Waals surface area contributed by atoms with Crippen LogP contribution in [0.25, 0.3) is 10.9 Å². The molecule has 0 amide bonds. The van der Waals surface area contributed by atoms with E-state index in [-0.39, 0.29) is 17.6 Å². The van der Waals surface area contributed by atoms with Gasteiger partial charge in [-0.05, 0) is 18.2 Å². The van der Waals surface area contributed by atoms with Crippen molar-refractivity contribution < 1.29 is 19.4 Å². The molecule has 2 aromatic rings. The summed E-state index contributed by atoms with van der Waals surface area (Å²) in [5, 5.41) is 9.28. The third-order valence-corrected chi connectivity index (χ3v) is 3.15. The van der Waals surface area contributed by atoms with Crippen LogP contribution in [0.2, 0.25) is 0 Å². The summed E-state index contributed by atoms with van der Waals surface area (Å²) in [7, 11) is 0. The number of carbonyl (C=O) groups is 1. The third-order valence-electron chi connectivity index (χ3n) is 3.15. The number of pyridine rings is 1. The second-order valence-electron chi connectivity index (χ2n) is 4.85. The summed E-state index contributed by atoms with van der Waals surface area (Å²) in [6.45, 7) is 2.09. The molecule has 0 saturated heterocycles. The molecule has 0 spiro atoms. The molecule has 0 bridgehead atoms. The van der Waals surface area contributed by atoms with E-state index < -0.39 is 11.4 Å². The standard InChI is InChI=1S/C17H18N2O5/c18-5-7-24-9-8-23-6-1-2-12-3-4-15-13(10-12)16(20)14(11-19-15)17(21)22/h3-4,10-11H,5-9,18H2,(H,19,20)(H,21,22).